The Morgan fingerprint density at radius 2 is 1.79 bits per heavy atom. The zero-order valence-corrected chi connectivity index (χ0v) is 18.6. The molecule has 176 valence electrons. The Kier molecular flexibility index (Phi) is 5.35. The highest BCUT2D eigenvalue weighted by atomic mass is 16.6. The van der Waals surface area contributed by atoms with Gasteiger partial charge in [0.1, 0.15) is 25.3 Å². The summed E-state index contributed by atoms with van der Waals surface area (Å²) in [4.78, 5) is 51.2. The van der Waals surface area contributed by atoms with Gasteiger partial charge in [0.2, 0.25) is 5.91 Å². The summed E-state index contributed by atoms with van der Waals surface area (Å²) in [5, 5.41) is 7.36. The number of fused-ring (bicyclic) bond motifs is 2. The van der Waals surface area contributed by atoms with Crippen LogP contribution in [0.4, 0.5) is 15.3 Å². The lowest BCUT2D eigenvalue weighted by Crippen LogP contribution is -2.45. The summed E-state index contributed by atoms with van der Waals surface area (Å²) < 4.78 is 10.9. The number of anilines is 1. The van der Waals surface area contributed by atoms with E-state index in [0.29, 0.717) is 36.0 Å². The predicted octanol–water partition coefficient (Wildman–Crippen LogP) is 2.06. The van der Waals surface area contributed by atoms with Crippen molar-refractivity contribution >= 4 is 29.6 Å². The summed E-state index contributed by atoms with van der Waals surface area (Å²) >= 11 is 0. The van der Waals surface area contributed by atoms with Crippen molar-refractivity contribution in [2.75, 3.05) is 25.1 Å². The standard InChI is InChI=1S/C24H24N4O6/c1-24(16-6-5-14-3-2-4-15(14)11-16)21(30)28(23(32)27-24)13-20(29)26-22(31)25-17-7-8-18-19(12-17)34-10-9-33-18/h5-8,11-12H,2-4,9-10,13H2,1H3,(H,27,32)(H2,25,26,29,31). The lowest BCUT2D eigenvalue weighted by Gasteiger charge is -2.23. The number of carbonyl (C=O) groups excluding carboxylic acids is 4. The molecule has 10 nitrogen and oxygen atoms in total. The van der Waals surface area contributed by atoms with Crippen LogP contribution in [0.2, 0.25) is 0 Å². The fourth-order valence-electron chi connectivity index (χ4n) is 4.51. The minimum Gasteiger partial charge on any atom is -0.486 e. The smallest absolute Gasteiger partial charge is 0.325 e. The molecule has 10 heteroatoms. The maximum Gasteiger partial charge on any atom is 0.325 e. The molecular formula is C24H24N4O6. The van der Waals surface area contributed by atoms with Crippen LogP contribution in [0.25, 0.3) is 0 Å². The summed E-state index contributed by atoms with van der Waals surface area (Å²) in [7, 11) is 0. The third-order valence-corrected chi connectivity index (χ3v) is 6.31. The van der Waals surface area contributed by atoms with E-state index in [4.69, 9.17) is 9.47 Å². The number of hydrogen-bond donors (Lipinski definition) is 3. The molecule has 3 aliphatic rings. The molecule has 34 heavy (non-hydrogen) atoms. The SMILES string of the molecule is CC1(c2ccc3c(c2)CCC3)NC(=O)N(CC(=O)NC(=O)Nc2ccc3c(c2)OCCO3)C1=O. The molecule has 2 aromatic carbocycles. The molecule has 5 rings (SSSR count). The maximum absolute atomic E-state index is 13.1. The lowest BCUT2D eigenvalue weighted by atomic mass is 9.89. The first-order chi connectivity index (χ1) is 16.3. The van der Waals surface area contributed by atoms with Gasteiger partial charge in [0.25, 0.3) is 5.91 Å². The average Bonchev–Trinajstić information content (AvgIpc) is 3.37. The number of rotatable bonds is 4. The van der Waals surface area contributed by atoms with Crippen LogP contribution < -0.4 is 25.4 Å². The van der Waals surface area contributed by atoms with E-state index in [1.54, 1.807) is 25.1 Å². The number of ether oxygens (including phenoxy) is 2. The van der Waals surface area contributed by atoms with Gasteiger partial charge in [0.05, 0.1) is 0 Å². The van der Waals surface area contributed by atoms with Gasteiger partial charge >= 0.3 is 12.1 Å². The Balaban J connectivity index is 1.22. The number of nitrogens with one attached hydrogen (secondary N) is 3. The number of urea groups is 2. The van der Waals surface area contributed by atoms with Crippen LogP contribution in [0.5, 0.6) is 11.5 Å². The Morgan fingerprint density at radius 1 is 1.03 bits per heavy atom. The van der Waals surface area contributed by atoms with E-state index in [1.807, 2.05) is 18.2 Å². The van der Waals surface area contributed by atoms with Crippen LogP contribution in [-0.4, -0.2) is 48.5 Å². The van der Waals surface area contributed by atoms with E-state index in [0.717, 1.165) is 24.2 Å². The van der Waals surface area contributed by atoms with Crippen molar-refractivity contribution in [1.29, 1.82) is 0 Å². The summed E-state index contributed by atoms with van der Waals surface area (Å²) in [6.45, 7) is 1.89. The van der Waals surface area contributed by atoms with Crippen molar-refractivity contribution in [3.8, 4) is 11.5 Å². The Labute approximate surface area is 195 Å². The average molecular weight is 464 g/mol. The summed E-state index contributed by atoms with van der Waals surface area (Å²) in [5.41, 5.74) is 2.22. The van der Waals surface area contributed by atoms with E-state index in [-0.39, 0.29) is 0 Å². The summed E-state index contributed by atoms with van der Waals surface area (Å²) in [6, 6.07) is 9.14. The van der Waals surface area contributed by atoms with E-state index in [2.05, 4.69) is 16.0 Å². The Hall–Kier alpha value is -4.08. The van der Waals surface area contributed by atoms with Crippen molar-refractivity contribution < 1.29 is 28.7 Å². The second-order valence-corrected chi connectivity index (χ2v) is 8.64. The monoisotopic (exact) mass is 464 g/mol. The van der Waals surface area contributed by atoms with Crippen molar-refractivity contribution in [3.05, 3.63) is 53.1 Å². The van der Waals surface area contributed by atoms with Crippen molar-refractivity contribution in [2.24, 2.45) is 0 Å². The van der Waals surface area contributed by atoms with Gasteiger partial charge in [-0.25, -0.2) is 9.59 Å². The quantitative estimate of drug-likeness (QED) is 0.595. The normalized spacial score (nSPS) is 20.6. The molecule has 1 saturated heterocycles. The minimum absolute atomic E-state index is 0.397. The van der Waals surface area contributed by atoms with Gasteiger partial charge in [-0.1, -0.05) is 18.2 Å². The fourth-order valence-corrected chi connectivity index (χ4v) is 4.51. The summed E-state index contributed by atoms with van der Waals surface area (Å²) in [5.74, 6) is -0.284. The Morgan fingerprint density at radius 3 is 2.62 bits per heavy atom. The molecule has 1 unspecified atom stereocenters. The highest BCUT2D eigenvalue weighted by Crippen LogP contribution is 2.33. The van der Waals surface area contributed by atoms with Crippen molar-refractivity contribution in [3.63, 3.8) is 0 Å². The van der Waals surface area contributed by atoms with Gasteiger partial charge in [-0.05, 0) is 55.0 Å². The number of benzene rings is 2. The second kappa shape index (κ2) is 8.36. The molecule has 2 heterocycles. The van der Waals surface area contributed by atoms with Crippen LogP contribution in [0.15, 0.2) is 36.4 Å². The molecule has 0 saturated carbocycles. The molecule has 2 aliphatic heterocycles. The van der Waals surface area contributed by atoms with Crippen molar-refractivity contribution in [1.82, 2.24) is 15.5 Å². The third-order valence-electron chi connectivity index (χ3n) is 6.31. The van der Waals surface area contributed by atoms with Gasteiger partial charge < -0.3 is 20.1 Å². The first-order valence-corrected chi connectivity index (χ1v) is 11.1. The zero-order chi connectivity index (χ0) is 23.9. The Bertz CT molecular complexity index is 1210. The number of imide groups is 2. The first kappa shape index (κ1) is 21.7. The van der Waals surface area contributed by atoms with E-state index >= 15 is 0 Å². The summed E-state index contributed by atoms with van der Waals surface area (Å²) in [6.07, 6.45) is 3.01. The molecule has 3 N–H and O–H groups in total. The van der Waals surface area contributed by atoms with Gasteiger partial charge in [-0.3, -0.25) is 19.8 Å². The van der Waals surface area contributed by atoms with Crippen molar-refractivity contribution in [2.45, 2.75) is 31.7 Å². The molecular weight excluding hydrogens is 440 g/mol. The second-order valence-electron chi connectivity index (χ2n) is 8.64. The molecule has 2 aromatic rings. The minimum atomic E-state index is -1.28. The lowest BCUT2D eigenvalue weighted by molar-refractivity contribution is -0.134. The first-order valence-electron chi connectivity index (χ1n) is 11.1. The zero-order valence-electron chi connectivity index (χ0n) is 18.6. The number of amides is 6. The van der Waals surface area contributed by atoms with Crippen LogP contribution in [-0.2, 0) is 28.0 Å². The molecule has 1 aliphatic carbocycles. The molecule has 1 atom stereocenters. The van der Waals surface area contributed by atoms with Gasteiger partial charge in [-0.15, -0.1) is 0 Å². The topological polar surface area (TPSA) is 126 Å². The largest absolute Gasteiger partial charge is 0.486 e. The van der Waals surface area contributed by atoms with Crippen LogP contribution >= 0.6 is 0 Å². The molecule has 1 fully saturated rings. The molecule has 0 spiro atoms. The van der Waals surface area contributed by atoms with Gasteiger partial charge in [0, 0.05) is 11.8 Å². The number of nitrogens with zero attached hydrogens (tertiary/aromatic N) is 1. The van der Waals surface area contributed by atoms with E-state index < -0.39 is 36.0 Å². The maximum atomic E-state index is 13.1. The molecule has 0 bridgehead atoms. The molecule has 6 amide bonds. The number of hydrogen-bond acceptors (Lipinski definition) is 6. The van der Waals surface area contributed by atoms with Crippen LogP contribution in [0.1, 0.15) is 30.0 Å². The fraction of sp³-hybridized carbons (Fsp3) is 0.333. The van der Waals surface area contributed by atoms with Crippen LogP contribution in [0, 0.1) is 0 Å². The van der Waals surface area contributed by atoms with Crippen LogP contribution in [0.3, 0.4) is 0 Å². The highest BCUT2D eigenvalue weighted by molar-refractivity contribution is 6.10. The third kappa shape index (κ3) is 3.91. The van der Waals surface area contributed by atoms with E-state index in [1.165, 1.54) is 11.1 Å². The van der Waals surface area contributed by atoms with E-state index in [9.17, 15) is 19.2 Å². The number of carbonyl (C=O) groups is 4. The predicted molar refractivity (Wildman–Crippen MR) is 121 cm³/mol. The van der Waals surface area contributed by atoms with Gasteiger partial charge in [-0.2, -0.15) is 0 Å². The highest BCUT2D eigenvalue weighted by Gasteiger charge is 2.49. The molecule has 0 radical (unpaired) electrons. The number of aryl methyl sites for hydroxylation is 2. The molecule has 0 aromatic heterocycles. The van der Waals surface area contributed by atoms with Gasteiger partial charge in [0.15, 0.2) is 11.5 Å².